The molecule has 1 aromatic heterocycles. The number of anilines is 1. The number of benzene rings is 2. The number of nitrogens with one attached hydrogen (secondary N) is 1. The van der Waals surface area contributed by atoms with E-state index < -0.39 is 0 Å². The summed E-state index contributed by atoms with van der Waals surface area (Å²) in [7, 11) is 0. The normalized spacial score (nSPS) is 10.7. The molecule has 0 saturated heterocycles. The van der Waals surface area contributed by atoms with E-state index in [9.17, 15) is 10.2 Å². The molecule has 2 aromatic carbocycles. The number of phenolic OH excluding ortho intramolecular Hbond substituents is 2. The van der Waals surface area contributed by atoms with Crippen LogP contribution in [0.15, 0.2) is 53.3 Å². The van der Waals surface area contributed by atoms with E-state index in [1.54, 1.807) is 12.3 Å². The van der Waals surface area contributed by atoms with Crippen molar-refractivity contribution in [1.82, 2.24) is 4.98 Å². The van der Waals surface area contributed by atoms with E-state index in [0.29, 0.717) is 6.54 Å². The van der Waals surface area contributed by atoms with Crippen molar-refractivity contribution in [3.63, 3.8) is 0 Å². The largest absolute Gasteiger partial charge is 0.504 e. The zero-order valence-electron chi connectivity index (χ0n) is 11.0. The number of hydrogen-bond acceptors (Lipinski definition) is 4. The van der Waals surface area contributed by atoms with Gasteiger partial charge in [-0.1, -0.05) is 28.1 Å². The number of aromatic hydroxyl groups is 2. The second kappa shape index (κ2) is 5.61. The summed E-state index contributed by atoms with van der Waals surface area (Å²) in [6, 6.07) is 10.8. The van der Waals surface area contributed by atoms with Gasteiger partial charge in [-0.15, -0.1) is 0 Å². The smallest absolute Gasteiger partial charge is 0.157 e. The van der Waals surface area contributed by atoms with Crippen molar-refractivity contribution in [2.75, 3.05) is 5.32 Å². The molecule has 4 nitrogen and oxygen atoms in total. The summed E-state index contributed by atoms with van der Waals surface area (Å²) in [5.74, 6) is -0.234. The van der Waals surface area contributed by atoms with E-state index in [2.05, 4.69) is 26.2 Å². The molecule has 0 radical (unpaired) electrons. The van der Waals surface area contributed by atoms with Crippen molar-refractivity contribution >= 4 is 32.4 Å². The highest BCUT2D eigenvalue weighted by Gasteiger charge is 2.04. The van der Waals surface area contributed by atoms with Gasteiger partial charge in [-0.2, -0.15) is 0 Å². The SMILES string of the molecule is Oc1ccc(CNc2cncc3ccc(Br)cc23)cc1O. The van der Waals surface area contributed by atoms with Crippen LogP contribution in [0.1, 0.15) is 5.56 Å². The molecular formula is C16H13BrN2O2. The highest BCUT2D eigenvalue weighted by molar-refractivity contribution is 9.10. The molecule has 0 atom stereocenters. The van der Waals surface area contributed by atoms with Gasteiger partial charge >= 0.3 is 0 Å². The van der Waals surface area contributed by atoms with Crippen LogP contribution in [0.3, 0.4) is 0 Å². The molecule has 0 fully saturated rings. The van der Waals surface area contributed by atoms with Crippen molar-refractivity contribution in [2.45, 2.75) is 6.54 Å². The van der Waals surface area contributed by atoms with E-state index in [4.69, 9.17) is 0 Å². The fourth-order valence-corrected chi connectivity index (χ4v) is 2.51. The van der Waals surface area contributed by atoms with Gasteiger partial charge in [0.25, 0.3) is 0 Å². The lowest BCUT2D eigenvalue weighted by atomic mass is 10.1. The predicted molar refractivity (Wildman–Crippen MR) is 86.5 cm³/mol. The molecule has 0 bridgehead atoms. The van der Waals surface area contributed by atoms with E-state index in [-0.39, 0.29) is 11.5 Å². The number of aromatic nitrogens is 1. The highest BCUT2D eigenvalue weighted by Crippen LogP contribution is 2.28. The van der Waals surface area contributed by atoms with Gasteiger partial charge in [0.05, 0.1) is 11.9 Å². The summed E-state index contributed by atoms with van der Waals surface area (Å²) in [6.07, 6.45) is 3.59. The number of hydrogen-bond donors (Lipinski definition) is 3. The fraction of sp³-hybridized carbons (Fsp3) is 0.0625. The van der Waals surface area contributed by atoms with Crippen LogP contribution in [0, 0.1) is 0 Å². The number of rotatable bonds is 3. The second-order valence-corrected chi connectivity index (χ2v) is 5.64. The second-order valence-electron chi connectivity index (χ2n) is 4.73. The van der Waals surface area contributed by atoms with Gasteiger partial charge < -0.3 is 15.5 Å². The lowest BCUT2D eigenvalue weighted by Gasteiger charge is -2.10. The minimum atomic E-state index is -0.118. The standard InChI is InChI=1S/C16H13BrN2O2/c17-12-3-2-11-8-18-9-14(13(11)6-12)19-7-10-1-4-15(20)16(21)5-10/h1-6,8-9,19-21H,7H2. The van der Waals surface area contributed by atoms with Crippen LogP contribution in [-0.4, -0.2) is 15.2 Å². The van der Waals surface area contributed by atoms with Crippen LogP contribution in [-0.2, 0) is 6.54 Å². The van der Waals surface area contributed by atoms with Crippen LogP contribution in [0.25, 0.3) is 10.8 Å². The van der Waals surface area contributed by atoms with Gasteiger partial charge in [0, 0.05) is 28.0 Å². The minimum absolute atomic E-state index is 0.116. The predicted octanol–water partition coefficient (Wildman–Crippen LogP) is 4.02. The maximum Gasteiger partial charge on any atom is 0.157 e. The molecule has 3 aromatic rings. The van der Waals surface area contributed by atoms with Crippen LogP contribution in [0.5, 0.6) is 11.5 Å². The third-order valence-electron chi connectivity index (χ3n) is 3.25. The van der Waals surface area contributed by atoms with Gasteiger partial charge in [-0.3, -0.25) is 4.98 Å². The average molecular weight is 345 g/mol. The first kappa shape index (κ1) is 13.7. The fourth-order valence-electron chi connectivity index (χ4n) is 2.15. The Morgan fingerprint density at radius 1 is 1.00 bits per heavy atom. The number of phenols is 2. The molecule has 0 spiro atoms. The first-order valence-electron chi connectivity index (χ1n) is 6.41. The topological polar surface area (TPSA) is 65.4 Å². The Kier molecular flexibility index (Phi) is 3.66. The summed E-state index contributed by atoms with van der Waals surface area (Å²) in [5, 5.41) is 24.3. The molecule has 0 aliphatic carbocycles. The van der Waals surface area contributed by atoms with Crippen molar-refractivity contribution in [3.8, 4) is 11.5 Å². The zero-order chi connectivity index (χ0) is 14.8. The first-order chi connectivity index (χ1) is 10.1. The third kappa shape index (κ3) is 2.92. The molecule has 0 aliphatic rings. The molecule has 0 saturated carbocycles. The Balaban J connectivity index is 1.88. The molecule has 1 heterocycles. The molecule has 5 heteroatoms. The molecule has 3 N–H and O–H groups in total. The Morgan fingerprint density at radius 3 is 2.67 bits per heavy atom. The van der Waals surface area contributed by atoms with Gasteiger partial charge in [0.15, 0.2) is 11.5 Å². The summed E-state index contributed by atoms with van der Waals surface area (Å²) in [5.41, 5.74) is 1.79. The van der Waals surface area contributed by atoms with Gasteiger partial charge in [-0.25, -0.2) is 0 Å². The molecule has 0 amide bonds. The summed E-state index contributed by atoms with van der Waals surface area (Å²) in [6.45, 7) is 0.529. The van der Waals surface area contributed by atoms with Crippen molar-refractivity contribution < 1.29 is 10.2 Å². The molecule has 21 heavy (non-hydrogen) atoms. The highest BCUT2D eigenvalue weighted by atomic mass is 79.9. The maximum absolute atomic E-state index is 9.51. The minimum Gasteiger partial charge on any atom is -0.504 e. The molecular weight excluding hydrogens is 332 g/mol. The number of nitrogens with zero attached hydrogens (tertiary/aromatic N) is 1. The van der Waals surface area contributed by atoms with Crippen LogP contribution in [0.2, 0.25) is 0 Å². The van der Waals surface area contributed by atoms with E-state index in [1.807, 2.05) is 24.4 Å². The van der Waals surface area contributed by atoms with E-state index in [0.717, 1.165) is 26.5 Å². The van der Waals surface area contributed by atoms with Crippen molar-refractivity contribution in [3.05, 3.63) is 58.8 Å². The first-order valence-corrected chi connectivity index (χ1v) is 7.21. The number of pyridine rings is 1. The van der Waals surface area contributed by atoms with E-state index in [1.165, 1.54) is 12.1 Å². The van der Waals surface area contributed by atoms with Crippen molar-refractivity contribution in [2.24, 2.45) is 0 Å². The Hall–Kier alpha value is -2.27. The molecule has 3 rings (SSSR count). The quantitative estimate of drug-likeness (QED) is 0.628. The van der Waals surface area contributed by atoms with Crippen LogP contribution >= 0.6 is 15.9 Å². The van der Waals surface area contributed by atoms with Gasteiger partial charge in [0.1, 0.15) is 0 Å². The Bertz CT molecular complexity index is 805. The van der Waals surface area contributed by atoms with Crippen LogP contribution < -0.4 is 5.32 Å². The summed E-state index contributed by atoms with van der Waals surface area (Å²) in [4.78, 5) is 4.22. The molecule has 106 valence electrons. The average Bonchev–Trinajstić information content (AvgIpc) is 2.48. The third-order valence-corrected chi connectivity index (χ3v) is 3.74. The molecule has 0 unspecified atom stereocenters. The van der Waals surface area contributed by atoms with E-state index >= 15 is 0 Å². The monoisotopic (exact) mass is 344 g/mol. The Morgan fingerprint density at radius 2 is 1.86 bits per heavy atom. The Labute approximate surface area is 130 Å². The van der Waals surface area contributed by atoms with Gasteiger partial charge in [0.2, 0.25) is 0 Å². The lowest BCUT2D eigenvalue weighted by Crippen LogP contribution is -2.00. The van der Waals surface area contributed by atoms with Crippen LogP contribution in [0.4, 0.5) is 5.69 Å². The summed E-state index contributed by atoms with van der Waals surface area (Å²) >= 11 is 3.47. The summed E-state index contributed by atoms with van der Waals surface area (Å²) < 4.78 is 1.01. The number of fused-ring (bicyclic) bond motifs is 1. The van der Waals surface area contributed by atoms with Crippen molar-refractivity contribution in [1.29, 1.82) is 0 Å². The number of halogens is 1. The maximum atomic E-state index is 9.51. The zero-order valence-corrected chi connectivity index (χ0v) is 12.6. The lowest BCUT2D eigenvalue weighted by molar-refractivity contribution is 0.403. The van der Waals surface area contributed by atoms with Gasteiger partial charge in [-0.05, 0) is 29.8 Å². The molecule has 0 aliphatic heterocycles.